The molecule has 130 valence electrons. The maximum atomic E-state index is 12.6. The zero-order chi connectivity index (χ0) is 18.2. The van der Waals surface area contributed by atoms with Crippen molar-refractivity contribution in [3.8, 4) is 5.75 Å². The van der Waals surface area contributed by atoms with Crippen LogP contribution in [-0.2, 0) is 12.0 Å². The van der Waals surface area contributed by atoms with E-state index in [4.69, 9.17) is 0 Å². The molecule has 2 aromatic carbocycles. The molecule has 0 atom stereocenters. The Kier molecular flexibility index (Phi) is 4.20. The topological polar surface area (TPSA) is 80.0 Å². The molecule has 0 aliphatic heterocycles. The van der Waals surface area contributed by atoms with Crippen molar-refractivity contribution in [2.75, 3.05) is 5.32 Å². The molecule has 0 aliphatic carbocycles. The number of aryl methyl sites for hydroxylation is 1. The summed E-state index contributed by atoms with van der Waals surface area (Å²) in [5, 5.41) is 21.0. The SMILES string of the molecule is CCn1nnc2cc(C(=O)Nc3cc(C(C)(C)C)ccc3O)ccc21. The zero-order valence-electron chi connectivity index (χ0n) is 14.9. The average molecular weight is 338 g/mol. The van der Waals surface area contributed by atoms with Crippen LogP contribution in [-0.4, -0.2) is 26.0 Å². The maximum Gasteiger partial charge on any atom is 0.255 e. The molecule has 0 aliphatic rings. The second-order valence-electron chi connectivity index (χ2n) is 7.04. The number of nitrogens with one attached hydrogen (secondary N) is 1. The van der Waals surface area contributed by atoms with Crippen LogP contribution in [0.1, 0.15) is 43.6 Å². The van der Waals surface area contributed by atoms with Gasteiger partial charge in [0.05, 0.1) is 11.2 Å². The first kappa shape index (κ1) is 17.0. The van der Waals surface area contributed by atoms with E-state index in [1.165, 1.54) is 0 Å². The predicted molar refractivity (Wildman–Crippen MR) is 98.0 cm³/mol. The Hall–Kier alpha value is -2.89. The van der Waals surface area contributed by atoms with Gasteiger partial charge in [-0.1, -0.05) is 32.1 Å². The van der Waals surface area contributed by atoms with Gasteiger partial charge in [0, 0.05) is 12.1 Å². The Balaban J connectivity index is 1.90. The second kappa shape index (κ2) is 6.20. The van der Waals surface area contributed by atoms with E-state index in [2.05, 4.69) is 36.4 Å². The minimum absolute atomic E-state index is 0.0411. The van der Waals surface area contributed by atoms with Gasteiger partial charge in [0.1, 0.15) is 11.3 Å². The van der Waals surface area contributed by atoms with Crippen molar-refractivity contribution in [2.24, 2.45) is 0 Å². The zero-order valence-corrected chi connectivity index (χ0v) is 14.9. The number of hydrogen-bond donors (Lipinski definition) is 2. The first-order chi connectivity index (χ1) is 11.8. The van der Waals surface area contributed by atoms with Crippen molar-refractivity contribution < 1.29 is 9.90 Å². The van der Waals surface area contributed by atoms with Crippen LogP contribution >= 0.6 is 0 Å². The fraction of sp³-hybridized carbons (Fsp3) is 0.316. The number of benzene rings is 2. The number of phenolic OH excluding ortho intramolecular Hbond substituents is 1. The molecular formula is C19H22N4O2. The van der Waals surface area contributed by atoms with Gasteiger partial charge in [0.2, 0.25) is 0 Å². The van der Waals surface area contributed by atoms with Gasteiger partial charge in [-0.2, -0.15) is 0 Å². The quantitative estimate of drug-likeness (QED) is 0.714. The highest BCUT2D eigenvalue weighted by Gasteiger charge is 2.17. The number of rotatable bonds is 3. The molecule has 0 saturated heterocycles. The monoisotopic (exact) mass is 338 g/mol. The summed E-state index contributed by atoms with van der Waals surface area (Å²) in [6.45, 7) is 8.94. The van der Waals surface area contributed by atoms with Crippen LogP contribution < -0.4 is 5.32 Å². The normalized spacial score (nSPS) is 11.7. The van der Waals surface area contributed by atoms with E-state index in [1.54, 1.807) is 28.9 Å². The van der Waals surface area contributed by atoms with Crippen molar-refractivity contribution in [1.82, 2.24) is 15.0 Å². The van der Waals surface area contributed by atoms with Gasteiger partial charge in [-0.3, -0.25) is 4.79 Å². The third kappa shape index (κ3) is 3.33. The molecule has 0 saturated carbocycles. The van der Waals surface area contributed by atoms with Crippen LogP contribution in [0.15, 0.2) is 36.4 Å². The summed E-state index contributed by atoms with van der Waals surface area (Å²) in [4.78, 5) is 12.6. The number of hydrogen-bond acceptors (Lipinski definition) is 4. The molecule has 1 aromatic heterocycles. The first-order valence-electron chi connectivity index (χ1n) is 8.27. The lowest BCUT2D eigenvalue weighted by molar-refractivity contribution is 0.102. The Morgan fingerprint density at radius 2 is 1.96 bits per heavy atom. The van der Waals surface area contributed by atoms with Gasteiger partial charge in [0.25, 0.3) is 5.91 Å². The molecule has 2 N–H and O–H groups in total. The molecule has 3 rings (SSSR count). The van der Waals surface area contributed by atoms with E-state index in [-0.39, 0.29) is 17.1 Å². The molecule has 6 heteroatoms. The number of amides is 1. The van der Waals surface area contributed by atoms with Crippen LogP contribution in [0.25, 0.3) is 11.0 Å². The van der Waals surface area contributed by atoms with Crippen molar-refractivity contribution in [3.63, 3.8) is 0 Å². The molecule has 0 fully saturated rings. The molecule has 25 heavy (non-hydrogen) atoms. The van der Waals surface area contributed by atoms with Gasteiger partial charge >= 0.3 is 0 Å². The number of aromatic hydroxyl groups is 1. The van der Waals surface area contributed by atoms with Crippen LogP contribution in [0.2, 0.25) is 0 Å². The summed E-state index contributed by atoms with van der Waals surface area (Å²) < 4.78 is 1.77. The Labute approximate surface area is 146 Å². The summed E-state index contributed by atoms with van der Waals surface area (Å²) in [6, 6.07) is 10.5. The molecular weight excluding hydrogens is 316 g/mol. The van der Waals surface area contributed by atoms with Crippen molar-refractivity contribution in [3.05, 3.63) is 47.5 Å². The summed E-state index contributed by atoms with van der Waals surface area (Å²) in [6.07, 6.45) is 0. The first-order valence-corrected chi connectivity index (χ1v) is 8.27. The van der Waals surface area contributed by atoms with Crippen LogP contribution in [0, 0.1) is 0 Å². The Morgan fingerprint density at radius 1 is 1.20 bits per heavy atom. The average Bonchev–Trinajstić information content (AvgIpc) is 2.98. The van der Waals surface area contributed by atoms with Crippen LogP contribution in [0.3, 0.4) is 0 Å². The molecule has 0 bridgehead atoms. The lowest BCUT2D eigenvalue weighted by Crippen LogP contribution is -2.15. The molecule has 6 nitrogen and oxygen atoms in total. The lowest BCUT2D eigenvalue weighted by Gasteiger charge is -2.20. The largest absolute Gasteiger partial charge is 0.506 e. The summed E-state index contributed by atoms with van der Waals surface area (Å²) in [5.41, 5.74) is 3.37. The Morgan fingerprint density at radius 3 is 2.64 bits per heavy atom. The number of aromatic nitrogens is 3. The summed E-state index contributed by atoms with van der Waals surface area (Å²) in [5.74, 6) is -0.256. The van der Waals surface area contributed by atoms with Crippen molar-refractivity contribution >= 4 is 22.6 Å². The number of anilines is 1. The van der Waals surface area contributed by atoms with E-state index in [9.17, 15) is 9.90 Å². The fourth-order valence-electron chi connectivity index (χ4n) is 2.64. The smallest absolute Gasteiger partial charge is 0.255 e. The van der Waals surface area contributed by atoms with Gasteiger partial charge < -0.3 is 10.4 Å². The van der Waals surface area contributed by atoms with Gasteiger partial charge in [-0.15, -0.1) is 5.10 Å². The molecule has 1 amide bonds. The van der Waals surface area contributed by atoms with E-state index in [0.717, 1.165) is 17.6 Å². The minimum atomic E-state index is -0.297. The van der Waals surface area contributed by atoms with Gasteiger partial charge in [-0.25, -0.2) is 4.68 Å². The minimum Gasteiger partial charge on any atom is -0.506 e. The maximum absolute atomic E-state index is 12.6. The molecule has 0 spiro atoms. The summed E-state index contributed by atoms with van der Waals surface area (Å²) in [7, 11) is 0. The number of phenols is 1. The van der Waals surface area contributed by atoms with Crippen molar-refractivity contribution in [2.45, 2.75) is 39.7 Å². The number of nitrogens with zero attached hydrogens (tertiary/aromatic N) is 3. The number of carbonyl (C=O) groups excluding carboxylic acids is 1. The lowest BCUT2D eigenvalue weighted by atomic mass is 9.87. The van der Waals surface area contributed by atoms with Crippen LogP contribution in [0.5, 0.6) is 5.75 Å². The highest BCUT2D eigenvalue weighted by molar-refractivity contribution is 6.06. The van der Waals surface area contributed by atoms with Gasteiger partial charge in [0.15, 0.2) is 0 Å². The van der Waals surface area contributed by atoms with Gasteiger partial charge in [-0.05, 0) is 48.2 Å². The highest BCUT2D eigenvalue weighted by Crippen LogP contribution is 2.31. The predicted octanol–water partition coefficient (Wildman–Crippen LogP) is 3.71. The van der Waals surface area contributed by atoms with Crippen LogP contribution in [0.4, 0.5) is 5.69 Å². The second-order valence-corrected chi connectivity index (χ2v) is 7.04. The fourth-order valence-corrected chi connectivity index (χ4v) is 2.64. The third-order valence-electron chi connectivity index (χ3n) is 4.19. The molecule has 1 heterocycles. The third-order valence-corrected chi connectivity index (χ3v) is 4.19. The van der Waals surface area contributed by atoms with E-state index < -0.39 is 0 Å². The Bertz CT molecular complexity index is 938. The highest BCUT2D eigenvalue weighted by atomic mass is 16.3. The molecule has 0 radical (unpaired) electrons. The van der Waals surface area contributed by atoms with E-state index in [0.29, 0.717) is 16.8 Å². The van der Waals surface area contributed by atoms with Crippen molar-refractivity contribution in [1.29, 1.82) is 0 Å². The number of fused-ring (bicyclic) bond motifs is 1. The number of carbonyl (C=O) groups is 1. The van der Waals surface area contributed by atoms with E-state index in [1.807, 2.05) is 19.1 Å². The molecule has 0 unspecified atom stereocenters. The summed E-state index contributed by atoms with van der Waals surface area (Å²) >= 11 is 0. The molecule has 3 aromatic rings. The van der Waals surface area contributed by atoms with E-state index >= 15 is 0 Å². The standard InChI is InChI=1S/C19H22N4O2/c1-5-23-16-8-6-12(10-14(16)21-22-23)18(25)20-15-11-13(19(2,3)4)7-9-17(15)24/h6-11,24H,5H2,1-4H3,(H,20,25).